The fourth-order valence-corrected chi connectivity index (χ4v) is 5.48. The molecule has 2 atom stereocenters. The van der Waals surface area contributed by atoms with Crippen LogP contribution in [0.1, 0.15) is 41.4 Å². The minimum atomic E-state index is -1.10. The van der Waals surface area contributed by atoms with Gasteiger partial charge in [-0.3, -0.25) is 9.78 Å². The van der Waals surface area contributed by atoms with Crippen molar-refractivity contribution in [1.29, 1.82) is 0 Å². The van der Waals surface area contributed by atoms with Crippen LogP contribution in [0.15, 0.2) is 36.5 Å². The monoisotopic (exact) mass is 495 g/mol. The number of carbonyl (C=O) groups excluding carboxylic acids is 1. The standard InChI is InChI=1S/C27H28F3N5O/c1-14-10-15(31)13-35(12-14)26-16-4-2-7-21(16)33-11-22(26)34-27(36)24-20(32)9-8-17(25(24)30)23-18(28)5-3-6-19(23)29/h3,5-6,8-9,11,14-15H,2,4,7,10,12-13,31-32H2,1H3,(H,34,36)/t14-,15+/m1/s1. The highest BCUT2D eigenvalue weighted by molar-refractivity contribution is 6.10. The van der Waals surface area contributed by atoms with E-state index >= 15 is 4.39 Å². The van der Waals surface area contributed by atoms with Crippen LogP contribution in [0.5, 0.6) is 0 Å². The number of benzene rings is 2. The average Bonchev–Trinajstić information content (AvgIpc) is 3.28. The van der Waals surface area contributed by atoms with Crippen molar-refractivity contribution in [2.24, 2.45) is 11.7 Å². The van der Waals surface area contributed by atoms with Crippen molar-refractivity contribution in [1.82, 2.24) is 4.98 Å². The van der Waals surface area contributed by atoms with Crippen LogP contribution >= 0.6 is 0 Å². The lowest BCUT2D eigenvalue weighted by Gasteiger charge is -2.38. The van der Waals surface area contributed by atoms with E-state index in [0.29, 0.717) is 18.2 Å². The van der Waals surface area contributed by atoms with Crippen molar-refractivity contribution in [3.8, 4) is 11.1 Å². The number of halogens is 3. The number of amides is 1. The summed E-state index contributed by atoms with van der Waals surface area (Å²) in [5, 5.41) is 2.78. The lowest BCUT2D eigenvalue weighted by Crippen LogP contribution is -2.47. The molecule has 2 heterocycles. The number of rotatable bonds is 4. The third-order valence-corrected chi connectivity index (χ3v) is 6.97. The van der Waals surface area contributed by atoms with E-state index in [2.05, 4.69) is 22.1 Å². The highest BCUT2D eigenvalue weighted by atomic mass is 19.1. The number of pyridine rings is 1. The van der Waals surface area contributed by atoms with E-state index in [9.17, 15) is 13.6 Å². The summed E-state index contributed by atoms with van der Waals surface area (Å²) >= 11 is 0. The molecule has 5 N–H and O–H groups in total. The Hall–Kier alpha value is -3.59. The molecule has 1 saturated heterocycles. The number of hydrogen-bond donors (Lipinski definition) is 3. The summed E-state index contributed by atoms with van der Waals surface area (Å²) in [5.41, 5.74) is 14.0. The lowest BCUT2D eigenvalue weighted by atomic mass is 9.95. The zero-order chi connectivity index (χ0) is 25.6. The molecule has 6 nitrogen and oxygen atoms in total. The normalized spacial score (nSPS) is 19.3. The number of aromatic nitrogens is 1. The van der Waals surface area contributed by atoms with Crippen LogP contribution in [0.4, 0.5) is 30.2 Å². The number of fused-ring (bicyclic) bond motifs is 1. The smallest absolute Gasteiger partial charge is 0.260 e. The molecular weight excluding hydrogens is 467 g/mol. The molecule has 36 heavy (non-hydrogen) atoms. The molecule has 2 aliphatic rings. The fourth-order valence-electron chi connectivity index (χ4n) is 5.48. The van der Waals surface area contributed by atoms with Crippen LogP contribution in [0.25, 0.3) is 11.1 Å². The molecule has 3 aromatic rings. The third kappa shape index (κ3) is 4.28. The van der Waals surface area contributed by atoms with Crippen molar-refractivity contribution >= 4 is 23.0 Å². The van der Waals surface area contributed by atoms with Gasteiger partial charge in [0.2, 0.25) is 0 Å². The van der Waals surface area contributed by atoms with E-state index in [1.807, 2.05) is 0 Å². The van der Waals surface area contributed by atoms with Crippen molar-refractivity contribution in [2.45, 2.75) is 38.6 Å². The molecule has 9 heteroatoms. The molecule has 5 rings (SSSR count). The number of anilines is 3. The first-order valence-corrected chi connectivity index (χ1v) is 12.1. The molecule has 1 amide bonds. The summed E-state index contributed by atoms with van der Waals surface area (Å²) in [6, 6.07) is 5.67. The Kier molecular flexibility index (Phi) is 6.34. The van der Waals surface area contributed by atoms with Gasteiger partial charge in [-0.05, 0) is 61.4 Å². The maximum absolute atomic E-state index is 15.6. The van der Waals surface area contributed by atoms with Crippen molar-refractivity contribution < 1.29 is 18.0 Å². The van der Waals surface area contributed by atoms with Crippen LogP contribution in [-0.2, 0) is 12.8 Å². The summed E-state index contributed by atoms with van der Waals surface area (Å²) in [6.07, 6.45) is 5.12. The summed E-state index contributed by atoms with van der Waals surface area (Å²) in [5.74, 6) is -3.43. The highest BCUT2D eigenvalue weighted by Crippen LogP contribution is 2.39. The maximum atomic E-state index is 15.6. The van der Waals surface area contributed by atoms with Crippen molar-refractivity contribution in [3.05, 3.63) is 70.8 Å². The van der Waals surface area contributed by atoms with Gasteiger partial charge >= 0.3 is 0 Å². The second kappa shape index (κ2) is 9.46. The minimum Gasteiger partial charge on any atom is -0.398 e. The van der Waals surface area contributed by atoms with Gasteiger partial charge in [-0.25, -0.2) is 13.2 Å². The van der Waals surface area contributed by atoms with Gasteiger partial charge in [0, 0.05) is 36.1 Å². The average molecular weight is 496 g/mol. The minimum absolute atomic E-state index is 0.0112. The van der Waals surface area contributed by atoms with E-state index in [1.54, 1.807) is 6.20 Å². The first kappa shape index (κ1) is 24.1. The van der Waals surface area contributed by atoms with Crippen LogP contribution in [0, 0.1) is 23.4 Å². The predicted octanol–water partition coefficient (Wildman–Crippen LogP) is 4.66. The van der Waals surface area contributed by atoms with Gasteiger partial charge in [-0.15, -0.1) is 0 Å². The number of nitrogen functional groups attached to an aromatic ring is 1. The van der Waals surface area contributed by atoms with Crippen LogP contribution in [0.3, 0.4) is 0 Å². The number of nitrogens with one attached hydrogen (secondary N) is 1. The van der Waals surface area contributed by atoms with Crippen LogP contribution in [-0.4, -0.2) is 30.0 Å². The summed E-state index contributed by atoms with van der Waals surface area (Å²) in [4.78, 5) is 20.1. The Morgan fingerprint density at radius 2 is 1.86 bits per heavy atom. The number of piperidine rings is 1. The van der Waals surface area contributed by atoms with Gasteiger partial charge in [0.1, 0.15) is 17.5 Å². The molecule has 0 unspecified atom stereocenters. The first-order valence-electron chi connectivity index (χ1n) is 12.1. The van der Waals surface area contributed by atoms with Crippen LogP contribution in [0.2, 0.25) is 0 Å². The second-order valence-corrected chi connectivity index (χ2v) is 9.75. The van der Waals surface area contributed by atoms with Crippen molar-refractivity contribution in [3.63, 3.8) is 0 Å². The Morgan fingerprint density at radius 3 is 2.58 bits per heavy atom. The van der Waals surface area contributed by atoms with E-state index in [1.165, 1.54) is 18.2 Å². The Balaban J connectivity index is 1.55. The molecule has 1 aromatic heterocycles. The molecule has 1 aliphatic heterocycles. The van der Waals surface area contributed by atoms with Gasteiger partial charge in [0.05, 0.1) is 28.7 Å². The maximum Gasteiger partial charge on any atom is 0.260 e. The van der Waals surface area contributed by atoms with E-state index in [4.69, 9.17) is 11.5 Å². The molecule has 0 bridgehead atoms. The van der Waals surface area contributed by atoms with Gasteiger partial charge in [-0.2, -0.15) is 0 Å². The molecule has 0 spiro atoms. The zero-order valence-electron chi connectivity index (χ0n) is 20.0. The molecular formula is C27H28F3N5O. The quantitative estimate of drug-likeness (QED) is 0.458. The molecule has 188 valence electrons. The second-order valence-electron chi connectivity index (χ2n) is 9.75. The molecule has 2 aromatic carbocycles. The predicted molar refractivity (Wildman–Crippen MR) is 134 cm³/mol. The summed E-state index contributed by atoms with van der Waals surface area (Å²) in [7, 11) is 0. The molecule has 0 radical (unpaired) electrons. The lowest BCUT2D eigenvalue weighted by molar-refractivity contribution is 0.102. The van der Waals surface area contributed by atoms with Gasteiger partial charge in [0.25, 0.3) is 5.91 Å². The third-order valence-electron chi connectivity index (χ3n) is 6.97. The van der Waals surface area contributed by atoms with E-state index in [-0.39, 0.29) is 17.3 Å². The Labute approximate surface area is 207 Å². The number of carbonyl (C=O) groups is 1. The van der Waals surface area contributed by atoms with Gasteiger partial charge < -0.3 is 21.7 Å². The zero-order valence-corrected chi connectivity index (χ0v) is 20.0. The van der Waals surface area contributed by atoms with Gasteiger partial charge in [-0.1, -0.05) is 13.0 Å². The largest absolute Gasteiger partial charge is 0.398 e. The topological polar surface area (TPSA) is 97.3 Å². The van der Waals surface area contributed by atoms with E-state index < -0.39 is 34.5 Å². The number of hydrogen-bond acceptors (Lipinski definition) is 5. The molecule has 1 aliphatic carbocycles. The number of aryl methyl sites for hydroxylation is 1. The number of nitrogens with zero attached hydrogens (tertiary/aromatic N) is 2. The van der Waals surface area contributed by atoms with E-state index in [0.717, 1.165) is 61.3 Å². The molecule has 0 saturated carbocycles. The van der Waals surface area contributed by atoms with Gasteiger partial charge in [0.15, 0.2) is 0 Å². The molecule has 1 fully saturated rings. The summed E-state index contributed by atoms with van der Waals surface area (Å²) in [6.45, 7) is 3.53. The Morgan fingerprint density at radius 1 is 1.11 bits per heavy atom. The SMILES string of the molecule is C[C@@H]1C[C@H](N)CN(c2c(NC(=O)c3c(N)ccc(-c4c(F)cccc4F)c3F)cnc3c2CCC3)C1. The van der Waals surface area contributed by atoms with Crippen LogP contribution < -0.4 is 21.7 Å². The highest BCUT2D eigenvalue weighted by Gasteiger charge is 2.30. The number of nitrogens with two attached hydrogens (primary N) is 2. The summed E-state index contributed by atoms with van der Waals surface area (Å²) < 4.78 is 44.4. The Bertz CT molecular complexity index is 1320. The first-order chi connectivity index (χ1) is 17.2. The van der Waals surface area contributed by atoms with Crippen molar-refractivity contribution in [2.75, 3.05) is 29.0 Å². The fraction of sp³-hybridized carbons (Fsp3) is 0.333.